The molecule has 144 valence electrons. The first-order chi connectivity index (χ1) is 11.0. The Hall–Kier alpha value is -2.50. The molecule has 0 radical (unpaired) electrons. The Labute approximate surface area is 144 Å². The quantitative estimate of drug-likeness (QED) is 0.351. The second kappa shape index (κ2) is 11.9. The van der Waals surface area contributed by atoms with Gasteiger partial charge in [-0.25, -0.2) is 4.98 Å². The van der Waals surface area contributed by atoms with Gasteiger partial charge in [0.05, 0.1) is 17.6 Å². The highest BCUT2D eigenvalue weighted by molar-refractivity contribution is 5.68. The van der Waals surface area contributed by atoms with E-state index in [1.165, 1.54) is 0 Å². The molecule has 0 spiro atoms. The molecule has 1 aromatic heterocycles. The summed E-state index contributed by atoms with van der Waals surface area (Å²) < 4.78 is 0. The number of H-pyrrole nitrogens is 1. The minimum absolute atomic E-state index is 0. The smallest absolute Gasteiger partial charge is 0.300 e. The third kappa shape index (κ3) is 10.8. The number of rotatable bonds is 8. The van der Waals surface area contributed by atoms with Gasteiger partial charge in [0.2, 0.25) is 0 Å². The maximum absolute atomic E-state index is 10.7. The first-order valence-corrected chi connectivity index (χ1v) is 7.36. The molecule has 0 saturated heterocycles. The third-order valence-corrected chi connectivity index (χ3v) is 3.07. The normalized spacial score (nSPS) is 12.2. The van der Waals surface area contributed by atoms with Crippen molar-refractivity contribution in [1.29, 1.82) is 0 Å². The molecule has 2 atom stereocenters. The van der Waals surface area contributed by atoms with E-state index in [1.54, 1.807) is 31.4 Å². The van der Waals surface area contributed by atoms with Crippen LogP contribution in [0.2, 0.25) is 0 Å². The van der Waals surface area contributed by atoms with Crippen LogP contribution in [0.3, 0.4) is 0 Å². The van der Waals surface area contributed by atoms with Gasteiger partial charge in [-0.2, -0.15) is 0 Å². The van der Waals surface area contributed by atoms with Gasteiger partial charge in [-0.05, 0) is 20.8 Å². The maximum Gasteiger partial charge on any atom is 0.300 e. The van der Waals surface area contributed by atoms with Gasteiger partial charge in [0.15, 0.2) is 0 Å². The number of aliphatic carboxylic acids is 3. The molecule has 11 heteroatoms. The van der Waals surface area contributed by atoms with Crippen molar-refractivity contribution >= 4 is 17.9 Å². The lowest BCUT2D eigenvalue weighted by atomic mass is 10.2. The van der Waals surface area contributed by atoms with Gasteiger partial charge in [-0.1, -0.05) is 0 Å². The van der Waals surface area contributed by atoms with Crippen LogP contribution in [0.5, 0.6) is 0 Å². The minimum atomic E-state index is -1.13. The molecule has 0 bridgehead atoms. The molecule has 8 N–H and O–H groups in total. The van der Waals surface area contributed by atoms with E-state index in [0.717, 1.165) is 18.3 Å². The van der Waals surface area contributed by atoms with Crippen molar-refractivity contribution in [1.82, 2.24) is 9.97 Å². The zero-order valence-electron chi connectivity index (χ0n) is 14.7. The van der Waals surface area contributed by atoms with Crippen molar-refractivity contribution in [2.75, 3.05) is 0 Å². The fraction of sp³-hybridized carbons (Fsp3) is 0.571. The van der Waals surface area contributed by atoms with E-state index in [2.05, 4.69) is 9.97 Å². The lowest BCUT2D eigenvalue weighted by molar-refractivity contribution is -0.700. The van der Waals surface area contributed by atoms with Gasteiger partial charge in [0.25, 0.3) is 5.97 Å². The predicted molar refractivity (Wildman–Crippen MR) is 80.4 cm³/mol. The Bertz CT molecular complexity index is 528. The van der Waals surface area contributed by atoms with Crippen LogP contribution in [0, 0.1) is 6.92 Å². The van der Waals surface area contributed by atoms with E-state index in [0.29, 0.717) is 18.9 Å². The van der Waals surface area contributed by atoms with Gasteiger partial charge >= 0.3 is 0 Å². The van der Waals surface area contributed by atoms with Crippen LogP contribution >= 0.6 is 0 Å². The van der Waals surface area contributed by atoms with E-state index >= 15 is 0 Å². The van der Waals surface area contributed by atoms with Crippen molar-refractivity contribution in [2.45, 2.75) is 52.9 Å². The van der Waals surface area contributed by atoms with Crippen LogP contribution in [0.25, 0.3) is 0 Å². The van der Waals surface area contributed by atoms with Crippen molar-refractivity contribution in [2.24, 2.45) is 0 Å². The number of aromatic amines is 1. The Balaban J connectivity index is 0. The van der Waals surface area contributed by atoms with E-state index in [-0.39, 0.29) is 5.48 Å². The van der Waals surface area contributed by atoms with E-state index in [1.807, 2.05) is 0 Å². The molecule has 0 fully saturated rings. The van der Waals surface area contributed by atoms with E-state index in [4.69, 9.17) is 9.90 Å². The average molecular weight is 362 g/mol. The number of nitrogens with zero attached hydrogens (tertiary/aromatic N) is 1. The molecule has 0 aliphatic heterocycles. The number of aromatic nitrogens is 2. The van der Waals surface area contributed by atoms with Gasteiger partial charge in [0, 0.05) is 6.92 Å². The Morgan fingerprint density at radius 1 is 1.12 bits per heavy atom. The summed E-state index contributed by atoms with van der Waals surface area (Å²) in [6.07, 6.45) is 0. The molecule has 1 aromatic rings. The molecule has 25 heavy (non-hydrogen) atoms. The van der Waals surface area contributed by atoms with Crippen LogP contribution in [-0.2, 0) is 27.5 Å². The summed E-state index contributed by atoms with van der Waals surface area (Å²) in [6.45, 7) is 6.76. The number of aryl methyl sites for hydroxylation is 1. The summed E-state index contributed by atoms with van der Waals surface area (Å²) in [5.41, 5.74) is 1.51. The number of hydrogen-bond acceptors (Lipinski definition) is 6. The van der Waals surface area contributed by atoms with Gasteiger partial charge < -0.3 is 46.0 Å². The molecule has 0 aliphatic rings. The van der Waals surface area contributed by atoms with Crippen molar-refractivity contribution in [3.63, 3.8) is 0 Å². The third-order valence-electron chi connectivity index (χ3n) is 3.07. The van der Waals surface area contributed by atoms with Crippen LogP contribution in [0.4, 0.5) is 0 Å². The number of carboxylic acid groups (broad SMARTS) is 3. The lowest BCUT2D eigenvalue weighted by Crippen LogP contribution is -2.92. The fourth-order valence-electron chi connectivity index (χ4n) is 1.70. The van der Waals surface area contributed by atoms with E-state index in [9.17, 15) is 19.8 Å². The molecule has 0 saturated carbocycles. The standard InChI is InChI=1S/C12H20N4O4.C2H4O2.H2O/c1-6(11(17)18)13-4-9-10(16-8(3)15-9)5-14-7(2)12(19)20;1-2(3)4;/h6-7,13-14H,4-5H2,1-3H3,(H,15,16)(H,17,18)(H,19,20);1H3,(H,3,4);1H2/t6-,7-;;/m0../s1. The highest BCUT2D eigenvalue weighted by Gasteiger charge is 2.15. The molecule has 1 heterocycles. The number of quaternary nitrogens is 2. The highest BCUT2D eigenvalue weighted by atomic mass is 16.4. The number of imidazole rings is 1. The summed E-state index contributed by atoms with van der Waals surface area (Å²) in [6, 6.07) is -1.32. The lowest BCUT2D eigenvalue weighted by Gasteiger charge is -2.12. The Morgan fingerprint density at radius 2 is 1.52 bits per heavy atom. The summed E-state index contributed by atoms with van der Waals surface area (Å²) in [5.74, 6) is -2.38. The molecule has 0 aliphatic carbocycles. The molecule has 0 amide bonds. The maximum atomic E-state index is 10.7. The van der Waals surface area contributed by atoms with Crippen molar-refractivity contribution in [3.05, 3.63) is 17.2 Å². The second-order valence-corrected chi connectivity index (χ2v) is 5.36. The summed E-state index contributed by atoms with van der Waals surface area (Å²) in [4.78, 5) is 37.6. The predicted octanol–water partition coefficient (Wildman–Crippen LogP) is -5.61. The first kappa shape index (κ1) is 24.7. The van der Waals surface area contributed by atoms with Crippen LogP contribution in [-0.4, -0.2) is 50.5 Å². The Morgan fingerprint density at radius 3 is 1.92 bits per heavy atom. The van der Waals surface area contributed by atoms with Crippen LogP contribution in [0.1, 0.15) is 38.0 Å². The Kier molecular flexibility index (Phi) is 11.8. The number of nitrogens with two attached hydrogens (primary N) is 2. The fourth-order valence-corrected chi connectivity index (χ4v) is 1.70. The first-order valence-electron chi connectivity index (χ1n) is 7.36. The average Bonchev–Trinajstić information content (AvgIpc) is 2.81. The summed E-state index contributed by atoms with van der Waals surface area (Å²) in [7, 11) is 0. The highest BCUT2D eigenvalue weighted by Crippen LogP contribution is 2.02. The van der Waals surface area contributed by atoms with Crippen LogP contribution < -0.4 is 20.8 Å². The number of hydrogen-bond donors (Lipinski definition) is 4. The zero-order chi connectivity index (χ0) is 18.9. The molecule has 0 aromatic carbocycles. The van der Waals surface area contributed by atoms with Crippen molar-refractivity contribution in [3.8, 4) is 0 Å². The van der Waals surface area contributed by atoms with E-state index < -0.39 is 30.0 Å². The SMILES string of the molecule is CC(=O)O.Cc1nc(C[NH2+][C@@H](C)C(=O)[O-])c(C[NH2+][C@@H](C)C(=O)[O-])[nH]1.O. The van der Waals surface area contributed by atoms with Crippen molar-refractivity contribution < 1.29 is 45.8 Å². The molecule has 1 rings (SSSR count). The summed E-state index contributed by atoms with van der Waals surface area (Å²) >= 11 is 0. The van der Waals surface area contributed by atoms with Crippen LogP contribution in [0.15, 0.2) is 0 Å². The molecule has 11 nitrogen and oxygen atoms in total. The monoisotopic (exact) mass is 362 g/mol. The van der Waals surface area contributed by atoms with Gasteiger partial charge in [-0.15, -0.1) is 0 Å². The zero-order valence-corrected chi connectivity index (χ0v) is 14.7. The second-order valence-electron chi connectivity index (χ2n) is 5.36. The summed E-state index contributed by atoms with van der Waals surface area (Å²) in [5, 5.41) is 31.9. The largest absolute Gasteiger partial charge is 0.544 e. The topological polar surface area (TPSA) is 211 Å². The molecular weight excluding hydrogens is 336 g/mol. The molecule has 0 unspecified atom stereocenters. The number of carbonyl (C=O) groups is 3. The number of nitrogens with one attached hydrogen (secondary N) is 1. The minimum Gasteiger partial charge on any atom is -0.544 e. The number of carbonyl (C=O) groups excluding carboxylic acids is 2. The molecular formula is C14H26N4O7. The van der Waals surface area contributed by atoms with Gasteiger partial charge in [0.1, 0.15) is 36.7 Å². The number of carboxylic acids is 3. The van der Waals surface area contributed by atoms with Gasteiger partial charge in [-0.3, -0.25) is 4.79 Å².